The Bertz CT molecular complexity index is 575. The zero-order valence-electron chi connectivity index (χ0n) is 15.2. The number of carbonyl (C=O) groups excluding carboxylic acids is 1. The predicted octanol–water partition coefficient (Wildman–Crippen LogP) is 3.89. The van der Waals surface area contributed by atoms with Gasteiger partial charge in [-0.2, -0.15) is 0 Å². The van der Waals surface area contributed by atoms with Crippen molar-refractivity contribution in [3.05, 3.63) is 23.8 Å². The fourth-order valence-electron chi connectivity index (χ4n) is 2.74. The Morgan fingerprint density at radius 2 is 1.96 bits per heavy atom. The lowest BCUT2D eigenvalue weighted by atomic mass is 9.83. The van der Waals surface area contributed by atoms with Crippen molar-refractivity contribution in [2.45, 2.75) is 60.1 Å². The van der Waals surface area contributed by atoms with Crippen molar-refractivity contribution in [1.82, 2.24) is 0 Å². The SMILES string of the molecule is CC(C)CCN1C(=O)C(C)Oc2ccc(C(N)C(C)(C)C)cc21. The monoisotopic (exact) mass is 318 g/mol. The third-order valence-electron chi connectivity index (χ3n) is 4.41. The van der Waals surface area contributed by atoms with Gasteiger partial charge in [0.05, 0.1) is 5.69 Å². The summed E-state index contributed by atoms with van der Waals surface area (Å²) in [6.45, 7) is 13.2. The second kappa shape index (κ2) is 6.52. The van der Waals surface area contributed by atoms with Gasteiger partial charge in [0.25, 0.3) is 5.91 Å². The van der Waals surface area contributed by atoms with Crippen molar-refractivity contribution >= 4 is 11.6 Å². The van der Waals surface area contributed by atoms with Crippen LogP contribution in [-0.4, -0.2) is 18.6 Å². The van der Waals surface area contributed by atoms with E-state index in [2.05, 4.69) is 34.6 Å². The molecule has 1 aliphatic rings. The summed E-state index contributed by atoms with van der Waals surface area (Å²) in [5.41, 5.74) is 8.24. The second-order valence-corrected chi connectivity index (χ2v) is 8.00. The van der Waals surface area contributed by atoms with E-state index in [9.17, 15) is 4.79 Å². The van der Waals surface area contributed by atoms with Gasteiger partial charge in [0.2, 0.25) is 0 Å². The maximum Gasteiger partial charge on any atom is 0.267 e. The third kappa shape index (κ3) is 3.86. The zero-order chi connectivity index (χ0) is 17.4. The summed E-state index contributed by atoms with van der Waals surface area (Å²) in [4.78, 5) is 14.4. The number of ether oxygens (including phenoxy) is 1. The molecule has 0 bridgehead atoms. The summed E-state index contributed by atoms with van der Waals surface area (Å²) in [7, 11) is 0. The highest BCUT2D eigenvalue weighted by atomic mass is 16.5. The molecule has 1 aromatic carbocycles. The van der Waals surface area contributed by atoms with Crippen LogP contribution in [-0.2, 0) is 4.79 Å². The molecule has 1 heterocycles. The smallest absolute Gasteiger partial charge is 0.267 e. The van der Waals surface area contributed by atoms with Gasteiger partial charge < -0.3 is 15.4 Å². The first-order valence-electron chi connectivity index (χ1n) is 8.49. The Labute approximate surface area is 140 Å². The molecule has 0 aromatic heterocycles. The van der Waals surface area contributed by atoms with E-state index < -0.39 is 6.10 Å². The number of fused-ring (bicyclic) bond motifs is 1. The van der Waals surface area contributed by atoms with Crippen molar-refractivity contribution in [2.24, 2.45) is 17.1 Å². The molecule has 1 aliphatic heterocycles. The molecular formula is C19H30N2O2. The van der Waals surface area contributed by atoms with E-state index >= 15 is 0 Å². The molecule has 2 N–H and O–H groups in total. The minimum atomic E-state index is -0.434. The lowest BCUT2D eigenvalue weighted by Crippen LogP contribution is -2.45. The average Bonchev–Trinajstić information content (AvgIpc) is 2.45. The molecule has 0 saturated heterocycles. The summed E-state index contributed by atoms with van der Waals surface area (Å²) < 4.78 is 5.77. The summed E-state index contributed by atoms with van der Waals surface area (Å²) in [5.74, 6) is 1.34. The van der Waals surface area contributed by atoms with Gasteiger partial charge in [-0.3, -0.25) is 4.79 Å². The summed E-state index contributed by atoms with van der Waals surface area (Å²) in [5, 5.41) is 0. The Kier molecular flexibility index (Phi) is 5.04. The predicted molar refractivity (Wildman–Crippen MR) is 94.7 cm³/mol. The van der Waals surface area contributed by atoms with Gasteiger partial charge in [0.1, 0.15) is 5.75 Å². The van der Waals surface area contributed by atoms with E-state index in [1.807, 2.05) is 30.0 Å². The molecule has 128 valence electrons. The molecule has 0 fully saturated rings. The second-order valence-electron chi connectivity index (χ2n) is 8.00. The molecule has 1 aromatic rings. The molecule has 2 atom stereocenters. The zero-order valence-corrected chi connectivity index (χ0v) is 15.2. The number of carbonyl (C=O) groups is 1. The van der Waals surface area contributed by atoms with Crippen LogP contribution in [0, 0.1) is 11.3 Å². The number of anilines is 1. The minimum absolute atomic E-state index is 0.0274. The van der Waals surface area contributed by atoms with Gasteiger partial charge in [-0.05, 0) is 42.4 Å². The maximum absolute atomic E-state index is 12.5. The van der Waals surface area contributed by atoms with Crippen LogP contribution in [0.1, 0.15) is 59.6 Å². The van der Waals surface area contributed by atoms with Gasteiger partial charge in [-0.1, -0.05) is 40.7 Å². The Morgan fingerprint density at radius 1 is 1.30 bits per heavy atom. The van der Waals surface area contributed by atoms with E-state index in [1.54, 1.807) is 0 Å². The van der Waals surface area contributed by atoms with Crippen LogP contribution >= 0.6 is 0 Å². The number of hydrogen-bond acceptors (Lipinski definition) is 3. The van der Waals surface area contributed by atoms with Crippen molar-refractivity contribution in [2.75, 3.05) is 11.4 Å². The van der Waals surface area contributed by atoms with Crippen LogP contribution in [0.15, 0.2) is 18.2 Å². The lowest BCUT2D eigenvalue weighted by Gasteiger charge is -2.35. The quantitative estimate of drug-likeness (QED) is 0.916. The van der Waals surface area contributed by atoms with Gasteiger partial charge in [0, 0.05) is 12.6 Å². The number of benzene rings is 1. The molecule has 2 rings (SSSR count). The first-order chi connectivity index (χ1) is 10.6. The van der Waals surface area contributed by atoms with Crippen molar-refractivity contribution in [3.63, 3.8) is 0 Å². The van der Waals surface area contributed by atoms with E-state index in [0.29, 0.717) is 12.5 Å². The Hall–Kier alpha value is -1.55. The topological polar surface area (TPSA) is 55.6 Å². The third-order valence-corrected chi connectivity index (χ3v) is 4.41. The first kappa shape index (κ1) is 17.8. The van der Waals surface area contributed by atoms with Gasteiger partial charge in [-0.15, -0.1) is 0 Å². The molecule has 2 unspecified atom stereocenters. The summed E-state index contributed by atoms with van der Waals surface area (Å²) >= 11 is 0. The van der Waals surface area contributed by atoms with Crippen LogP contribution in [0.5, 0.6) is 5.75 Å². The maximum atomic E-state index is 12.5. The molecule has 4 nitrogen and oxygen atoms in total. The molecule has 1 amide bonds. The van der Waals surface area contributed by atoms with E-state index in [4.69, 9.17) is 10.5 Å². The van der Waals surface area contributed by atoms with Crippen LogP contribution in [0.3, 0.4) is 0 Å². The molecular weight excluding hydrogens is 288 g/mol. The average molecular weight is 318 g/mol. The number of nitrogens with zero attached hydrogens (tertiary/aromatic N) is 1. The lowest BCUT2D eigenvalue weighted by molar-refractivity contribution is -0.125. The normalized spacial score (nSPS) is 19.6. The first-order valence-corrected chi connectivity index (χ1v) is 8.49. The van der Waals surface area contributed by atoms with E-state index in [1.165, 1.54) is 0 Å². The largest absolute Gasteiger partial charge is 0.479 e. The molecule has 0 saturated carbocycles. The van der Waals surface area contributed by atoms with Gasteiger partial charge in [-0.25, -0.2) is 0 Å². The van der Waals surface area contributed by atoms with Crippen LogP contribution in [0.25, 0.3) is 0 Å². The highest BCUT2D eigenvalue weighted by molar-refractivity contribution is 5.99. The highest BCUT2D eigenvalue weighted by Gasteiger charge is 2.32. The van der Waals surface area contributed by atoms with Crippen molar-refractivity contribution in [1.29, 1.82) is 0 Å². The fraction of sp³-hybridized carbons (Fsp3) is 0.632. The van der Waals surface area contributed by atoms with E-state index in [0.717, 1.165) is 23.4 Å². The van der Waals surface area contributed by atoms with Crippen LogP contribution in [0.4, 0.5) is 5.69 Å². The number of amides is 1. The molecule has 0 radical (unpaired) electrons. The Balaban J connectivity index is 2.39. The van der Waals surface area contributed by atoms with Gasteiger partial charge >= 0.3 is 0 Å². The fourth-order valence-corrected chi connectivity index (χ4v) is 2.74. The highest BCUT2D eigenvalue weighted by Crippen LogP contribution is 2.39. The standard InChI is InChI=1S/C19H30N2O2/c1-12(2)9-10-21-15-11-14(17(20)19(4,5)6)7-8-16(15)23-13(3)18(21)22/h7-8,11-13,17H,9-10,20H2,1-6H3. The summed E-state index contributed by atoms with van der Waals surface area (Å²) in [6.07, 6.45) is 0.532. The number of rotatable bonds is 4. The summed E-state index contributed by atoms with van der Waals surface area (Å²) in [6, 6.07) is 5.89. The molecule has 23 heavy (non-hydrogen) atoms. The van der Waals surface area contributed by atoms with E-state index in [-0.39, 0.29) is 17.4 Å². The van der Waals surface area contributed by atoms with Crippen LogP contribution in [0.2, 0.25) is 0 Å². The number of hydrogen-bond donors (Lipinski definition) is 1. The minimum Gasteiger partial charge on any atom is -0.479 e. The van der Waals surface area contributed by atoms with Crippen LogP contribution < -0.4 is 15.4 Å². The number of nitrogens with two attached hydrogens (primary N) is 1. The van der Waals surface area contributed by atoms with Gasteiger partial charge in [0.15, 0.2) is 6.10 Å². The van der Waals surface area contributed by atoms with Crippen molar-refractivity contribution in [3.8, 4) is 5.75 Å². The molecule has 0 spiro atoms. The Morgan fingerprint density at radius 3 is 2.52 bits per heavy atom. The van der Waals surface area contributed by atoms with Crippen molar-refractivity contribution < 1.29 is 9.53 Å². The molecule has 4 heteroatoms. The molecule has 0 aliphatic carbocycles.